The molecule has 0 aliphatic rings. The minimum absolute atomic E-state index is 0.124. The maximum Gasteiger partial charge on any atom is 0.119 e. The smallest absolute Gasteiger partial charge is 0.119 e. The van der Waals surface area contributed by atoms with Gasteiger partial charge in [-0.15, -0.1) is 0 Å². The number of hydrogen-bond donors (Lipinski definition) is 0. The third-order valence-electron chi connectivity index (χ3n) is 7.42. The molecule has 0 saturated carbocycles. The van der Waals surface area contributed by atoms with E-state index in [1.165, 1.54) is 85.6 Å². The average Bonchev–Trinajstić information content (AvgIpc) is 2.96. The summed E-state index contributed by atoms with van der Waals surface area (Å²) in [5, 5.41) is 0. The molecule has 0 fully saturated rings. The van der Waals surface area contributed by atoms with Crippen LogP contribution in [0.4, 0.5) is 0 Å². The fourth-order valence-electron chi connectivity index (χ4n) is 4.93. The normalized spacial score (nSPS) is 12.0. The first kappa shape index (κ1) is 30.0. The molecule has 0 aliphatic heterocycles. The Morgan fingerprint density at radius 2 is 1.03 bits per heavy atom. The van der Waals surface area contributed by atoms with Crippen molar-refractivity contribution in [3.8, 4) is 28.0 Å². The second kappa shape index (κ2) is 17.8. The number of benzene rings is 3. The topological polar surface area (TPSA) is 18.5 Å². The Balaban J connectivity index is 1.47. The van der Waals surface area contributed by atoms with Crippen LogP contribution < -0.4 is 4.74 Å². The van der Waals surface area contributed by atoms with E-state index in [1.807, 2.05) is 0 Å². The van der Waals surface area contributed by atoms with Gasteiger partial charge in [0.1, 0.15) is 5.75 Å². The van der Waals surface area contributed by atoms with Crippen molar-refractivity contribution in [1.29, 1.82) is 0 Å². The van der Waals surface area contributed by atoms with Crippen LogP contribution in [0.25, 0.3) is 22.3 Å². The molecule has 0 amide bonds. The molecule has 1 atom stereocenters. The van der Waals surface area contributed by atoms with E-state index in [9.17, 15) is 0 Å². The molecule has 2 heteroatoms. The lowest BCUT2D eigenvalue weighted by Gasteiger charge is -2.15. The molecule has 2 nitrogen and oxygen atoms in total. The predicted octanol–water partition coefficient (Wildman–Crippen LogP) is 11.2. The molecule has 3 aromatic carbocycles. The fraction of sp³-hybridized carbons (Fsp3) is 0.500. The van der Waals surface area contributed by atoms with E-state index in [1.54, 1.807) is 0 Å². The highest BCUT2D eigenvalue weighted by Gasteiger charge is 2.10. The summed E-state index contributed by atoms with van der Waals surface area (Å²) in [6, 6.07) is 26.1. The van der Waals surface area contributed by atoms with Gasteiger partial charge < -0.3 is 9.47 Å². The first-order valence-corrected chi connectivity index (χ1v) is 15.3. The van der Waals surface area contributed by atoms with E-state index in [4.69, 9.17) is 9.47 Å². The summed E-state index contributed by atoms with van der Waals surface area (Å²) >= 11 is 0. The molecule has 0 N–H and O–H groups in total. The SMILES string of the molecule is CCCCCCCCCCCCOc1ccc(-c2ccccc2-c2ccc(C(C)OCCCC)cc2)cc1. The van der Waals surface area contributed by atoms with Gasteiger partial charge in [-0.25, -0.2) is 0 Å². The molecular weight excluding hydrogens is 464 g/mol. The molecular formula is C36H50O2. The van der Waals surface area contributed by atoms with E-state index >= 15 is 0 Å². The molecule has 0 bridgehead atoms. The van der Waals surface area contributed by atoms with Crippen LogP contribution in [-0.4, -0.2) is 13.2 Å². The van der Waals surface area contributed by atoms with Crippen molar-refractivity contribution in [3.63, 3.8) is 0 Å². The van der Waals surface area contributed by atoms with Gasteiger partial charge in [0.2, 0.25) is 0 Å². The molecule has 0 spiro atoms. The average molecular weight is 515 g/mol. The minimum atomic E-state index is 0.124. The zero-order valence-corrected chi connectivity index (χ0v) is 24.2. The van der Waals surface area contributed by atoms with Crippen molar-refractivity contribution in [2.45, 2.75) is 104 Å². The highest BCUT2D eigenvalue weighted by atomic mass is 16.5. The quantitative estimate of drug-likeness (QED) is 0.148. The summed E-state index contributed by atoms with van der Waals surface area (Å²) in [4.78, 5) is 0. The Labute approximate surface area is 232 Å². The van der Waals surface area contributed by atoms with Crippen molar-refractivity contribution in [3.05, 3.63) is 78.4 Å². The zero-order chi connectivity index (χ0) is 26.8. The second-order valence-corrected chi connectivity index (χ2v) is 10.6. The lowest BCUT2D eigenvalue weighted by Crippen LogP contribution is -2.01. The summed E-state index contributed by atoms with van der Waals surface area (Å²) in [6.07, 6.45) is 15.9. The monoisotopic (exact) mass is 514 g/mol. The van der Waals surface area contributed by atoms with Crippen LogP contribution in [0.5, 0.6) is 5.75 Å². The number of rotatable bonds is 19. The Morgan fingerprint density at radius 3 is 1.58 bits per heavy atom. The lowest BCUT2D eigenvalue weighted by atomic mass is 9.94. The van der Waals surface area contributed by atoms with Gasteiger partial charge in [0, 0.05) is 6.61 Å². The van der Waals surface area contributed by atoms with Crippen LogP contribution in [0, 0.1) is 0 Å². The van der Waals surface area contributed by atoms with Crippen LogP contribution in [0.1, 0.15) is 109 Å². The van der Waals surface area contributed by atoms with Gasteiger partial charge in [0.05, 0.1) is 12.7 Å². The highest BCUT2D eigenvalue weighted by molar-refractivity contribution is 5.83. The van der Waals surface area contributed by atoms with Gasteiger partial charge in [0.25, 0.3) is 0 Å². The van der Waals surface area contributed by atoms with E-state index in [-0.39, 0.29) is 6.10 Å². The Morgan fingerprint density at radius 1 is 0.526 bits per heavy atom. The molecule has 3 aromatic rings. The van der Waals surface area contributed by atoms with Gasteiger partial charge in [0.15, 0.2) is 0 Å². The van der Waals surface area contributed by atoms with Crippen molar-refractivity contribution < 1.29 is 9.47 Å². The third-order valence-corrected chi connectivity index (χ3v) is 7.42. The molecule has 0 saturated heterocycles. The first-order chi connectivity index (χ1) is 18.7. The Kier molecular flexibility index (Phi) is 14.1. The molecule has 1 unspecified atom stereocenters. The van der Waals surface area contributed by atoms with Gasteiger partial charge in [-0.2, -0.15) is 0 Å². The van der Waals surface area contributed by atoms with Crippen molar-refractivity contribution in [1.82, 2.24) is 0 Å². The van der Waals surface area contributed by atoms with Crippen molar-refractivity contribution in [2.75, 3.05) is 13.2 Å². The summed E-state index contributed by atoms with van der Waals surface area (Å²) in [5.41, 5.74) is 6.16. The molecule has 206 valence electrons. The fourth-order valence-corrected chi connectivity index (χ4v) is 4.93. The number of hydrogen-bond acceptors (Lipinski definition) is 2. The predicted molar refractivity (Wildman–Crippen MR) is 164 cm³/mol. The number of ether oxygens (including phenoxy) is 2. The Bertz CT molecular complexity index is 1010. The zero-order valence-electron chi connectivity index (χ0n) is 24.2. The van der Waals surface area contributed by atoms with Crippen LogP contribution in [0.15, 0.2) is 72.8 Å². The van der Waals surface area contributed by atoms with Crippen molar-refractivity contribution in [2.24, 2.45) is 0 Å². The third kappa shape index (κ3) is 10.3. The van der Waals surface area contributed by atoms with Crippen LogP contribution in [0.2, 0.25) is 0 Å². The molecule has 0 radical (unpaired) electrons. The minimum Gasteiger partial charge on any atom is -0.494 e. The van der Waals surface area contributed by atoms with Gasteiger partial charge in [-0.05, 0) is 59.7 Å². The largest absolute Gasteiger partial charge is 0.494 e. The van der Waals surface area contributed by atoms with E-state index < -0.39 is 0 Å². The maximum atomic E-state index is 6.04. The summed E-state index contributed by atoms with van der Waals surface area (Å²) in [7, 11) is 0. The van der Waals surface area contributed by atoms with Crippen molar-refractivity contribution >= 4 is 0 Å². The summed E-state index contributed by atoms with van der Waals surface area (Å²) in [5.74, 6) is 0.962. The standard InChI is InChI=1S/C36H50O2/c1-4-6-8-9-10-11-12-13-14-17-29-38-34-26-24-33(25-27-34)36-19-16-15-18-35(36)32-22-20-31(21-23-32)30(3)37-28-7-5-2/h15-16,18-27,30H,4-14,17,28-29H2,1-3H3. The molecule has 38 heavy (non-hydrogen) atoms. The highest BCUT2D eigenvalue weighted by Crippen LogP contribution is 2.33. The maximum absolute atomic E-state index is 6.04. The van der Waals surface area contributed by atoms with E-state index in [2.05, 4.69) is 93.6 Å². The van der Waals surface area contributed by atoms with Crippen LogP contribution >= 0.6 is 0 Å². The van der Waals surface area contributed by atoms with E-state index in [0.717, 1.165) is 38.2 Å². The lowest BCUT2D eigenvalue weighted by molar-refractivity contribution is 0.0637. The van der Waals surface area contributed by atoms with Crippen LogP contribution in [0.3, 0.4) is 0 Å². The van der Waals surface area contributed by atoms with E-state index in [0.29, 0.717) is 0 Å². The molecule has 0 heterocycles. The number of unbranched alkanes of at least 4 members (excludes halogenated alkanes) is 10. The van der Waals surface area contributed by atoms with Crippen LogP contribution in [-0.2, 0) is 4.74 Å². The Hall–Kier alpha value is -2.58. The first-order valence-electron chi connectivity index (χ1n) is 15.3. The summed E-state index contributed by atoms with van der Waals surface area (Å²) in [6.45, 7) is 8.24. The van der Waals surface area contributed by atoms with Gasteiger partial charge in [-0.3, -0.25) is 0 Å². The molecule has 0 aromatic heterocycles. The van der Waals surface area contributed by atoms with Gasteiger partial charge in [-0.1, -0.05) is 139 Å². The van der Waals surface area contributed by atoms with Gasteiger partial charge >= 0.3 is 0 Å². The molecule has 3 rings (SSSR count). The summed E-state index contributed by atoms with van der Waals surface area (Å²) < 4.78 is 12.0. The second-order valence-electron chi connectivity index (χ2n) is 10.6. The molecule has 0 aliphatic carbocycles.